The molecule has 25 heavy (non-hydrogen) atoms. The zero-order valence-electron chi connectivity index (χ0n) is 13.7. The van der Waals surface area contributed by atoms with Gasteiger partial charge in [0.15, 0.2) is 0 Å². The standard InChI is InChI=1S/C21H15N3O/c1-2-24-19-10-6-4-8-15(19)16(13-22)20(21(24)25)18-12-11-14-7-3-5-9-17(14)23-18/h3-12H,2H2,1H3. The highest BCUT2D eigenvalue weighted by Crippen LogP contribution is 2.27. The summed E-state index contributed by atoms with van der Waals surface area (Å²) >= 11 is 0. The van der Waals surface area contributed by atoms with Gasteiger partial charge in [0.05, 0.1) is 27.9 Å². The molecular formula is C21H15N3O. The van der Waals surface area contributed by atoms with Crippen LogP contribution in [0.5, 0.6) is 0 Å². The van der Waals surface area contributed by atoms with Crippen molar-refractivity contribution in [2.75, 3.05) is 0 Å². The van der Waals surface area contributed by atoms with Gasteiger partial charge in [0.1, 0.15) is 6.07 Å². The molecule has 4 heteroatoms. The number of nitrogens with zero attached hydrogens (tertiary/aromatic N) is 3. The van der Waals surface area contributed by atoms with Gasteiger partial charge in [-0.1, -0.05) is 42.5 Å². The highest BCUT2D eigenvalue weighted by molar-refractivity contribution is 5.92. The quantitative estimate of drug-likeness (QED) is 0.557. The first-order valence-electron chi connectivity index (χ1n) is 8.16. The summed E-state index contributed by atoms with van der Waals surface area (Å²) in [4.78, 5) is 17.7. The van der Waals surface area contributed by atoms with E-state index in [2.05, 4.69) is 11.1 Å². The Bertz CT molecular complexity index is 1220. The molecular weight excluding hydrogens is 310 g/mol. The lowest BCUT2D eigenvalue weighted by molar-refractivity contribution is 0.760. The maximum absolute atomic E-state index is 13.1. The summed E-state index contributed by atoms with van der Waals surface area (Å²) in [6, 6.07) is 21.2. The van der Waals surface area contributed by atoms with E-state index in [0.717, 1.165) is 21.8 Å². The lowest BCUT2D eigenvalue weighted by atomic mass is 10.0. The molecule has 2 heterocycles. The van der Waals surface area contributed by atoms with Crippen molar-refractivity contribution in [3.63, 3.8) is 0 Å². The maximum Gasteiger partial charge on any atom is 0.261 e. The summed E-state index contributed by atoms with van der Waals surface area (Å²) in [5.41, 5.74) is 2.69. The lowest BCUT2D eigenvalue weighted by Crippen LogP contribution is -2.23. The van der Waals surface area contributed by atoms with Gasteiger partial charge < -0.3 is 4.57 Å². The Hall–Kier alpha value is -3.45. The number of pyridine rings is 2. The molecule has 4 aromatic rings. The molecule has 2 aromatic heterocycles. The average Bonchev–Trinajstić information content (AvgIpc) is 2.66. The van der Waals surface area contributed by atoms with Crippen LogP contribution in [-0.4, -0.2) is 9.55 Å². The number of rotatable bonds is 2. The zero-order valence-corrected chi connectivity index (χ0v) is 13.7. The number of aromatic nitrogens is 2. The number of hydrogen-bond acceptors (Lipinski definition) is 3. The fourth-order valence-corrected chi connectivity index (χ4v) is 3.28. The first-order chi connectivity index (χ1) is 12.2. The van der Waals surface area contributed by atoms with Gasteiger partial charge in [-0.25, -0.2) is 4.98 Å². The minimum atomic E-state index is -0.180. The molecule has 0 N–H and O–H groups in total. The van der Waals surface area contributed by atoms with E-state index in [1.165, 1.54) is 0 Å². The van der Waals surface area contributed by atoms with Gasteiger partial charge >= 0.3 is 0 Å². The Morgan fingerprint density at radius 2 is 1.80 bits per heavy atom. The number of fused-ring (bicyclic) bond motifs is 2. The molecule has 0 radical (unpaired) electrons. The van der Waals surface area contributed by atoms with Gasteiger partial charge in [0.25, 0.3) is 5.56 Å². The van der Waals surface area contributed by atoms with Crippen LogP contribution in [-0.2, 0) is 6.54 Å². The van der Waals surface area contributed by atoms with Crippen molar-refractivity contribution in [1.29, 1.82) is 5.26 Å². The van der Waals surface area contributed by atoms with Crippen molar-refractivity contribution in [3.8, 4) is 17.3 Å². The third-order valence-electron chi connectivity index (χ3n) is 4.46. The summed E-state index contributed by atoms with van der Waals surface area (Å²) in [5.74, 6) is 0. The Kier molecular flexibility index (Phi) is 3.55. The number of aryl methyl sites for hydroxylation is 1. The van der Waals surface area contributed by atoms with Gasteiger partial charge in [-0.05, 0) is 25.1 Å². The van der Waals surface area contributed by atoms with E-state index in [1.807, 2.05) is 67.6 Å². The molecule has 4 rings (SSSR count). The summed E-state index contributed by atoms with van der Waals surface area (Å²) in [5, 5.41) is 11.5. The molecule has 0 saturated carbocycles. The van der Waals surface area contributed by atoms with Crippen LogP contribution in [0.1, 0.15) is 12.5 Å². The van der Waals surface area contributed by atoms with Crippen LogP contribution in [0, 0.1) is 11.3 Å². The van der Waals surface area contributed by atoms with Crippen LogP contribution < -0.4 is 5.56 Å². The summed E-state index contributed by atoms with van der Waals surface area (Å²) in [7, 11) is 0. The monoisotopic (exact) mass is 325 g/mol. The van der Waals surface area contributed by atoms with E-state index in [1.54, 1.807) is 4.57 Å². The van der Waals surface area contributed by atoms with Crippen LogP contribution in [0.2, 0.25) is 0 Å². The largest absolute Gasteiger partial charge is 0.308 e. The molecule has 0 amide bonds. The van der Waals surface area contributed by atoms with Crippen molar-refractivity contribution in [2.24, 2.45) is 0 Å². The van der Waals surface area contributed by atoms with Crippen LogP contribution in [0.3, 0.4) is 0 Å². The van der Waals surface area contributed by atoms with Crippen molar-refractivity contribution in [2.45, 2.75) is 13.5 Å². The smallest absolute Gasteiger partial charge is 0.261 e. The van der Waals surface area contributed by atoms with Gasteiger partial charge in [-0.3, -0.25) is 4.79 Å². The Morgan fingerprint density at radius 1 is 1.04 bits per heavy atom. The zero-order chi connectivity index (χ0) is 17.4. The minimum Gasteiger partial charge on any atom is -0.308 e. The second kappa shape index (κ2) is 5.88. The van der Waals surface area contributed by atoms with Crippen molar-refractivity contribution >= 4 is 21.8 Å². The molecule has 0 bridgehead atoms. The van der Waals surface area contributed by atoms with E-state index >= 15 is 0 Å². The fourth-order valence-electron chi connectivity index (χ4n) is 3.28. The molecule has 0 spiro atoms. The van der Waals surface area contributed by atoms with Crippen LogP contribution >= 0.6 is 0 Å². The third kappa shape index (κ3) is 2.29. The van der Waals surface area contributed by atoms with E-state index < -0.39 is 0 Å². The second-order valence-electron chi connectivity index (χ2n) is 5.82. The molecule has 0 fully saturated rings. The molecule has 0 aliphatic heterocycles. The predicted octanol–water partition coefficient (Wildman–Crippen LogP) is 4.11. The molecule has 0 atom stereocenters. The first-order valence-corrected chi connectivity index (χ1v) is 8.16. The molecule has 120 valence electrons. The number of benzene rings is 2. The van der Waals surface area contributed by atoms with Gasteiger partial charge in [-0.2, -0.15) is 5.26 Å². The molecule has 0 aliphatic rings. The van der Waals surface area contributed by atoms with Gasteiger partial charge in [0, 0.05) is 17.3 Å². The molecule has 2 aromatic carbocycles. The minimum absolute atomic E-state index is 0.180. The highest BCUT2D eigenvalue weighted by atomic mass is 16.1. The lowest BCUT2D eigenvalue weighted by Gasteiger charge is -2.13. The number of hydrogen-bond donors (Lipinski definition) is 0. The third-order valence-corrected chi connectivity index (χ3v) is 4.46. The molecule has 4 nitrogen and oxygen atoms in total. The van der Waals surface area contributed by atoms with Gasteiger partial charge in [-0.15, -0.1) is 0 Å². The summed E-state index contributed by atoms with van der Waals surface area (Å²) in [6.07, 6.45) is 0. The summed E-state index contributed by atoms with van der Waals surface area (Å²) in [6.45, 7) is 2.46. The average molecular weight is 325 g/mol. The Labute approximate surface area is 144 Å². The maximum atomic E-state index is 13.1. The highest BCUT2D eigenvalue weighted by Gasteiger charge is 2.18. The Morgan fingerprint density at radius 3 is 2.60 bits per heavy atom. The molecule has 0 unspecified atom stereocenters. The van der Waals surface area contributed by atoms with Crippen LogP contribution in [0.15, 0.2) is 65.5 Å². The van der Waals surface area contributed by atoms with Gasteiger partial charge in [0.2, 0.25) is 0 Å². The van der Waals surface area contributed by atoms with Crippen molar-refractivity contribution in [3.05, 3.63) is 76.6 Å². The topological polar surface area (TPSA) is 58.7 Å². The predicted molar refractivity (Wildman–Crippen MR) is 99.3 cm³/mol. The van der Waals surface area contributed by atoms with Crippen molar-refractivity contribution in [1.82, 2.24) is 9.55 Å². The first kappa shape index (κ1) is 15.1. The molecule has 0 aliphatic carbocycles. The van der Waals surface area contributed by atoms with Crippen LogP contribution in [0.25, 0.3) is 33.1 Å². The van der Waals surface area contributed by atoms with E-state index in [-0.39, 0.29) is 5.56 Å². The summed E-state index contributed by atoms with van der Waals surface area (Å²) < 4.78 is 1.70. The molecule has 0 saturated heterocycles. The SMILES string of the molecule is CCn1c(=O)c(-c2ccc3ccccc3n2)c(C#N)c2ccccc21. The number of para-hydroxylation sites is 2. The van der Waals surface area contributed by atoms with Crippen LogP contribution in [0.4, 0.5) is 0 Å². The van der Waals surface area contributed by atoms with E-state index in [0.29, 0.717) is 23.4 Å². The van der Waals surface area contributed by atoms with E-state index in [9.17, 15) is 10.1 Å². The van der Waals surface area contributed by atoms with Crippen molar-refractivity contribution < 1.29 is 0 Å². The Balaban J connectivity index is 2.15. The second-order valence-corrected chi connectivity index (χ2v) is 5.82. The number of nitriles is 1. The normalized spacial score (nSPS) is 10.9. The fraction of sp³-hybridized carbons (Fsp3) is 0.0952. The van der Waals surface area contributed by atoms with E-state index in [4.69, 9.17) is 0 Å².